The zero-order valence-electron chi connectivity index (χ0n) is 20.5. The second-order valence-electron chi connectivity index (χ2n) is 8.92. The minimum absolute atomic E-state index is 0.0923. The number of nitrogens with zero attached hydrogens (tertiary/aromatic N) is 2. The number of anilines is 3. The number of rotatable bonds is 7. The molecule has 0 radical (unpaired) electrons. The molecule has 186 valence electrons. The van der Waals surface area contributed by atoms with Crippen molar-refractivity contribution >= 4 is 45.7 Å². The summed E-state index contributed by atoms with van der Waals surface area (Å²) in [5, 5.41) is 11.0. The lowest BCUT2D eigenvalue weighted by atomic mass is 9.91. The van der Waals surface area contributed by atoms with E-state index in [4.69, 9.17) is 26.1 Å². The fourth-order valence-electron chi connectivity index (χ4n) is 4.49. The minimum Gasteiger partial charge on any atom is -0.495 e. The number of halogens is 1. The van der Waals surface area contributed by atoms with Crippen molar-refractivity contribution in [2.24, 2.45) is 0 Å². The van der Waals surface area contributed by atoms with Crippen LogP contribution in [0.5, 0.6) is 11.5 Å². The highest BCUT2D eigenvalue weighted by Crippen LogP contribution is 2.36. The molecule has 3 N–H and O–H groups in total. The van der Waals surface area contributed by atoms with Gasteiger partial charge in [0.1, 0.15) is 17.3 Å². The van der Waals surface area contributed by atoms with Gasteiger partial charge >= 0.3 is 6.03 Å². The van der Waals surface area contributed by atoms with Crippen molar-refractivity contribution in [1.82, 2.24) is 10.3 Å². The number of fused-ring (bicyclic) bond motifs is 1. The number of amides is 2. The number of ether oxygens (including phenoxy) is 2. The molecule has 0 spiro atoms. The van der Waals surface area contributed by atoms with Gasteiger partial charge in [0, 0.05) is 49.4 Å². The predicted molar refractivity (Wildman–Crippen MR) is 142 cm³/mol. The number of hydrogen-bond acceptors (Lipinski definition) is 6. The molecule has 1 aromatic heterocycles. The monoisotopic (exact) mass is 497 g/mol. The lowest BCUT2D eigenvalue weighted by Gasteiger charge is -2.30. The van der Waals surface area contributed by atoms with Gasteiger partial charge in [0.2, 0.25) is 0 Å². The fourth-order valence-corrected chi connectivity index (χ4v) is 4.73. The number of pyridine rings is 1. The molecule has 1 fully saturated rings. The van der Waals surface area contributed by atoms with Crippen molar-refractivity contribution in [2.45, 2.75) is 37.8 Å². The van der Waals surface area contributed by atoms with Crippen molar-refractivity contribution in [2.75, 3.05) is 43.8 Å². The standard InChI is InChI=1S/C26H32ClN5O3/c1-32(2)22-14-25(30-20-8-6-5-7-18(20)22)28-16-9-11-17(12-10-16)29-26(33)31-21-13-19(27)23(34-3)15-24(21)35-4/h5-8,13-17H,9-12H2,1-4H3,(H,28,30)(H2,29,31,33). The van der Waals surface area contributed by atoms with Gasteiger partial charge in [0.05, 0.1) is 30.4 Å². The van der Waals surface area contributed by atoms with Gasteiger partial charge in [-0.2, -0.15) is 0 Å². The summed E-state index contributed by atoms with van der Waals surface area (Å²) in [4.78, 5) is 19.6. The first-order valence-electron chi connectivity index (χ1n) is 11.7. The number of methoxy groups -OCH3 is 2. The quantitative estimate of drug-likeness (QED) is 0.398. The Balaban J connectivity index is 1.33. The normalized spacial score (nSPS) is 17.5. The molecule has 0 atom stereocenters. The molecule has 9 heteroatoms. The molecule has 1 aliphatic carbocycles. The summed E-state index contributed by atoms with van der Waals surface area (Å²) in [6.07, 6.45) is 3.63. The number of carbonyl (C=O) groups is 1. The molecule has 3 aromatic rings. The maximum atomic E-state index is 12.6. The third kappa shape index (κ3) is 5.82. The highest BCUT2D eigenvalue weighted by molar-refractivity contribution is 6.32. The Morgan fingerprint density at radius 1 is 1.00 bits per heavy atom. The van der Waals surface area contributed by atoms with E-state index in [1.165, 1.54) is 14.2 Å². The molecule has 0 unspecified atom stereocenters. The number of benzene rings is 2. The summed E-state index contributed by atoms with van der Waals surface area (Å²) in [6.45, 7) is 0. The second kappa shape index (κ2) is 10.9. The molecule has 0 bridgehead atoms. The van der Waals surface area contributed by atoms with E-state index in [-0.39, 0.29) is 12.1 Å². The van der Waals surface area contributed by atoms with Gasteiger partial charge in [-0.1, -0.05) is 29.8 Å². The van der Waals surface area contributed by atoms with E-state index in [2.05, 4.69) is 33.0 Å². The number of para-hydroxylation sites is 1. The Kier molecular flexibility index (Phi) is 7.70. The van der Waals surface area contributed by atoms with E-state index in [0.717, 1.165) is 48.1 Å². The molecule has 1 heterocycles. The number of aromatic nitrogens is 1. The van der Waals surface area contributed by atoms with Crippen LogP contribution in [0.3, 0.4) is 0 Å². The molecule has 0 aliphatic heterocycles. The SMILES string of the molecule is COc1cc(OC)c(NC(=O)NC2CCC(Nc3cc(N(C)C)c4ccccc4n3)CC2)cc1Cl. The Labute approximate surface area is 210 Å². The topological polar surface area (TPSA) is 87.8 Å². The van der Waals surface area contributed by atoms with Gasteiger partial charge in [-0.05, 0) is 37.8 Å². The van der Waals surface area contributed by atoms with Crippen molar-refractivity contribution in [3.63, 3.8) is 0 Å². The van der Waals surface area contributed by atoms with Gasteiger partial charge in [0.25, 0.3) is 0 Å². The van der Waals surface area contributed by atoms with Gasteiger partial charge in [-0.3, -0.25) is 0 Å². The van der Waals surface area contributed by atoms with E-state index >= 15 is 0 Å². The molecule has 2 amide bonds. The largest absolute Gasteiger partial charge is 0.495 e. The maximum absolute atomic E-state index is 12.6. The number of hydrogen-bond donors (Lipinski definition) is 3. The molecule has 35 heavy (non-hydrogen) atoms. The lowest BCUT2D eigenvalue weighted by molar-refractivity contribution is 0.243. The van der Waals surface area contributed by atoms with Gasteiger partial charge in [-0.25, -0.2) is 9.78 Å². The predicted octanol–water partition coefficient (Wildman–Crippen LogP) is 5.52. The fraction of sp³-hybridized carbons (Fsp3) is 0.385. The molecule has 0 saturated heterocycles. The van der Waals surface area contributed by atoms with Crippen LogP contribution >= 0.6 is 11.6 Å². The molecule has 4 rings (SSSR count). The molecule has 1 saturated carbocycles. The summed E-state index contributed by atoms with van der Waals surface area (Å²) >= 11 is 6.21. The Morgan fingerprint density at radius 2 is 1.69 bits per heavy atom. The van der Waals surface area contributed by atoms with Crippen LogP contribution in [0.4, 0.5) is 22.0 Å². The van der Waals surface area contributed by atoms with E-state index in [1.807, 2.05) is 32.3 Å². The van der Waals surface area contributed by atoms with Crippen LogP contribution in [0.1, 0.15) is 25.7 Å². The van der Waals surface area contributed by atoms with E-state index in [1.54, 1.807) is 12.1 Å². The van der Waals surface area contributed by atoms with Crippen LogP contribution in [0, 0.1) is 0 Å². The average Bonchev–Trinajstić information content (AvgIpc) is 2.85. The summed E-state index contributed by atoms with van der Waals surface area (Å²) in [5.74, 6) is 1.85. The molecule has 8 nitrogen and oxygen atoms in total. The average molecular weight is 498 g/mol. The molecule has 1 aliphatic rings. The van der Waals surface area contributed by atoms with Crippen LogP contribution in [-0.2, 0) is 0 Å². The summed E-state index contributed by atoms with van der Waals surface area (Å²) in [6, 6.07) is 13.7. The number of urea groups is 1. The number of carbonyl (C=O) groups excluding carboxylic acids is 1. The zero-order chi connectivity index (χ0) is 24.9. The Hall–Kier alpha value is -3.39. The van der Waals surface area contributed by atoms with Crippen molar-refractivity contribution < 1.29 is 14.3 Å². The lowest BCUT2D eigenvalue weighted by Crippen LogP contribution is -2.42. The first-order valence-corrected chi connectivity index (χ1v) is 12.1. The van der Waals surface area contributed by atoms with Gasteiger partial charge < -0.3 is 30.3 Å². The zero-order valence-corrected chi connectivity index (χ0v) is 21.3. The number of nitrogens with one attached hydrogen (secondary N) is 3. The van der Waals surface area contributed by atoms with Crippen LogP contribution in [0.25, 0.3) is 10.9 Å². The highest BCUT2D eigenvalue weighted by Gasteiger charge is 2.23. The minimum atomic E-state index is -0.284. The third-order valence-corrected chi connectivity index (χ3v) is 6.61. The van der Waals surface area contributed by atoms with Crippen molar-refractivity contribution in [1.29, 1.82) is 0 Å². The maximum Gasteiger partial charge on any atom is 0.319 e. The second-order valence-corrected chi connectivity index (χ2v) is 9.32. The molecular weight excluding hydrogens is 466 g/mol. The third-order valence-electron chi connectivity index (χ3n) is 6.31. The highest BCUT2D eigenvalue weighted by atomic mass is 35.5. The summed E-state index contributed by atoms with van der Waals surface area (Å²) < 4.78 is 10.6. The van der Waals surface area contributed by atoms with Gasteiger partial charge in [-0.15, -0.1) is 0 Å². The summed E-state index contributed by atoms with van der Waals surface area (Å²) in [5.41, 5.74) is 2.60. The molecule has 2 aromatic carbocycles. The van der Waals surface area contributed by atoms with Crippen molar-refractivity contribution in [3.8, 4) is 11.5 Å². The van der Waals surface area contributed by atoms with Crippen LogP contribution < -0.4 is 30.3 Å². The van der Waals surface area contributed by atoms with Crippen LogP contribution in [0.2, 0.25) is 5.02 Å². The van der Waals surface area contributed by atoms with E-state index in [0.29, 0.717) is 28.3 Å². The van der Waals surface area contributed by atoms with E-state index < -0.39 is 0 Å². The van der Waals surface area contributed by atoms with Crippen LogP contribution in [0.15, 0.2) is 42.5 Å². The van der Waals surface area contributed by atoms with Crippen molar-refractivity contribution in [3.05, 3.63) is 47.5 Å². The first kappa shape index (κ1) is 24.7. The summed E-state index contributed by atoms with van der Waals surface area (Å²) in [7, 11) is 7.15. The Bertz CT molecular complexity index is 1200. The van der Waals surface area contributed by atoms with Crippen LogP contribution in [-0.4, -0.2) is 51.4 Å². The van der Waals surface area contributed by atoms with E-state index in [9.17, 15) is 4.79 Å². The molecular formula is C26H32ClN5O3. The Morgan fingerprint density at radius 3 is 2.37 bits per heavy atom. The van der Waals surface area contributed by atoms with Gasteiger partial charge in [0.15, 0.2) is 0 Å². The smallest absolute Gasteiger partial charge is 0.319 e. The first-order chi connectivity index (χ1) is 16.9.